The fraction of sp³-hybridized carbons (Fsp3) is 0.286. The molecule has 5 rings (SSSR count). The Balaban J connectivity index is 0.000000222. The molecule has 1 saturated heterocycles. The third kappa shape index (κ3) is 6.94. The van der Waals surface area contributed by atoms with Crippen molar-refractivity contribution in [2.24, 2.45) is 0 Å². The van der Waals surface area contributed by atoms with Crippen molar-refractivity contribution in [1.29, 1.82) is 0 Å². The minimum absolute atomic E-state index is 0.499. The molecule has 0 bridgehead atoms. The van der Waals surface area contributed by atoms with Crippen molar-refractivity contribution < 1.29 is 14.3 Å². The number of rotatable bonds is 8. The van der Waals surface area contributed by atoms with Crippen LogP contribution in [0.5, 0.6) is 11.5 Å². The SMILES string of the molecule is CNc1nn(PI)c2cc(Cc3c(Cl)c(OC)cc(OC)c3Cl)ccc12.O=Cc1ccc(N2CCNCC2)cc1. The Bertz CT molecular complexity index is 1430. The largest absolute Gasteiger partial charge is 0.495 e. The molecule has 0 amide bonds. The number of fused-ring (bicyclic) bond motifs is 1. The van der Waals surface area contributed by atoms with E-state index in [1.807, 2.05) is 35.8 Å². The number of hydrogen-bond donors (Lipinski definition) is 2. The first-order valence-corrected chi connectivity index (χ1v) is 17.4. The Hall–Kier alpha value is -2.30. The van der Waals surface area contributed by atoms with Gasteiger partial charge in [-0.15, -0.1) is 0 Å². The average molecular weight is 714 g/mol. The second-order valence-corrected chi connectivity index (χ2v) is 11.8. The number of nitrogens with zero attached hydrogens (tertiary/aromatic N) is 3. The average Bonchev–Trinajstić information content (AvgIpc) is 3.37. The lowest BCUT2D eigenvalue weighted by atomic mass is 10.0. The normalized spacial score (nSPS) is 13.3. The van der Waals surface area contributed by atoms with Crippen LogP contribution in [0.1, 0.15) is 21.5 Å². The van der Waals surface area contributed by atoms with E-state index in [0.717, 1.165) is 65.9 Å². The zero-order valence-corrected chi connectivity index (χ0v) is 27.1. The molecule has 0 radical (unpaired) electrons. The van der Waals surface area contributed by atoms with Gasteiger partial charge < -0.3 is 25.0 Å². The van der Waals surface area contributed by atoms with Crippen LogP contribution in [-0.4, -0.2) is 63.3 Å². The highest BCUT2D eigenvalue weighted by Crippen LogP contribution is 2.42. The van der Waals surface area contributed by atoms with Crippen LogP contribution in [0, 0.1) is 0 Å². The van der Waals surface area contributed by atoms with Gasteiger partial charge in [0.15, 0.2) is 5.82 Å². The number of carbonyl (C=O) groups excluding carboxylic acids is 1. The maximum Gasteiger partial charge on any atom is 0.156 e. The summed E-state index contributed by atoms with van der Waals surface area (Å²) in [4.78, 5) is 12.8. The molecule has 12 heteroatoms. The molecule has 8 nitrogen and oxygen atoms in total. The third-order valence-electron chi connectivity index (χ3n) is 6.62. The second kappa shape index (κ2) is 14.5. The van der Waals surface area contributed by atoms with E-state index < -0.39 is 0 Å². The first-order valence-electron chi connectivity index (χ1n) is 12.6. The topological polar surface area (TPSA) is 80.6 Å². The van der Waals surface area contributed by atoms with Gasteiger partial charge >= 0.3 is 0 Å². The Morgan fingerprint density at radius 2 is 1.70 bits per heavy atom. The van der Waals surface area contributed by atoms with Gasteiger partial charge in [0.05, 0.1) is 36.2 Å². The summed E-state index contributed by atoms with van der Waals surface area (Å²) >= 11 is 15.3. The van der Waals surface area contributed by atoms with Crippen LogP contribution in [0.3, 0.4) is 0 Å². The Morgan fingerprint density at radius 1 is 1.05 bits per heavy atom. The first kappa shape index (κ1) is 30.7. The van der Waals surface area contributed by atoms with Crippen LogP contribution in [0.2, 0.25) is 10.0 Å². The lowest BCUT2D eigenvalue weighted by Gasteiger charge is -2.29. The summed E-state index contributed by atoms with van der Waals surface area (Å²) in [6.07, 6.45) is 1.94. The number of halogens is 3. The molecule has 1 aromatic heterocycles. The number of ether oxygens (including phenoxy) is 2. The lowest BCUT2D eigenvalue weighted by Crippen LogP contribution is -2.43. The molecule has 1 fully saturated rings. The number of aromatic nitrogens is 2. The van der Waals surface area contributed by atoms with Crippen LogP contribution < -0.4 is 25.0 Å². The van der Waals surface area contributed by atoms with E-state index in [1.54, 1.807) is 20.3 Å². The molecule has 2 N–H and O–H groups in total. The third-order valence-corrected chi connectivity index (χ3v) is 9.32. The second-order valence-electron chi connectivity index (χ2n) is 8.96. The number of benzene rings is 3. The van der Waals surface area contributed by atoms with Crippen molar-refractivity contribution in [3.8, 4) is 11.5 Å². The quantitative estimate of drug-likeness (QED) is 0.120. The molecule has 2 heterocycles. The van der Waals surface area contributed by atoms with Crippen molar-refractivity contribution in [3.05, 3.63) is 75.3 Å². The zero-order chi connectivity index (χ0) is 28.6. The van der Waals surface area contributed by atoms with Crippen LogP contribution in [0.4, 0.5) is 11.5 Å². The summed E-state index contributed by atoms with van der Waals surface area (Å²) < 4.78 is 12.7. The molecule has 1 aliphatic rings. The van der Waals surface area contributed by atoms with Gasteiger partial charge in [-0.2, -0.15) is 5.10 Å². The fourth-order valence-electron chi connectivity index (χ4n) is 4.50. The van der Waals surface area contributed by atoms with E-state index in [2.05, 4.69) is 60.9 Å². The minimum Gasteiger partial charge on any atom is -0.495 e. The van der Waals surface area contributed by atoms with Gasteiger partial charge in [0.2, 0.25) is 0 Å². The van der Waals surface area contributed by atoms with Gasteiger partial charge in [-0.3, -0.25) is 4.79 Å². The number of anilines is 2. The smallest absolute Gasteiger partial charge is 0.156 e. The van der Waals surface area contributed by atoms with Gasteiger partial charge in [0.25, 0.3) is 0 Å². The Labute approximate surface area is 259 Å². The molecule has 0 spiro atoms. The maximum absolute atomic E-state index is 10.5. The van der Waals surface area contributed by atoms with Crippen LogP contribution >= 0.6 is 51.6 Å². The van der Waals surface area contributed by atoms with Gasteiger partial charge in [0, 0.05) is 67.9 Å². The molecule has 212 valence electrons. The van der Waals surface area contributed by atoms with Gasteiger partial charge in [0.1, 0.15) is 17.8 Å². The molecule has 1 aliphatic heterocycles. The standard InChI is InChI=1S/C17H17Cl2IN3O2P.C11H14N2O/c1-21-17-10-5-4-9(7-12(10)23(22-17)26-20)6-11-15(18)13(24-2)8-14(25-3)16(11)19;14-9-10-1-3-11(4-2-10)13-7-5-12-6-8-13/h4-5,7-8,26H,6H2,1-3H3,(H,21,22);1-4,9,12H,5-8H2. The number of nitrogens with one attached hydrogen (secondary N) is 2. The fourth-order valence-corrected chi connectivity index (χ4v) is 6.65. The highest BCUT2D eigenvalue weighted by atomic mass is 127. The maximum atomic E-state index is 10.5. The van der Waals surface area contributed by atoms with Crippen molar-refractivity contribution >= 4 is 80.3 Å². The predicted molar refractivity (Wildman–Crippen MR) is 176 cm³/mol. The van der Waals surface area contributed by atoms with E-state index >= 15 is 0 Å². The summed E-state index contributed by atoms with van der Waals surface area (Å²) in [5, 5.41) is 13.1. The molecule has 40 heavy (non-hydrogen) atoms. The van der Waals surface area contributed by atoms with Gasteiger partial charge in [-0.25, -0.2) is 4.45 Å². The Morgan fingerprint density at radius 3 is 2.25 bits per heavy atom. The summed E-state index contributed by atoms with van der Waals surface area (Å²) in [7, 11) is 5.02. The van der Waals surface area contributed by atoms with E-state index in [4.69, 9.17) is 32.7 Å². The van der Waals surface area contributed by atoms with Crippen molar-refractivity contribution in [2.75, 3.05) is 57.7 Å². The molecule has 0 saturated carbocycles. The zero-order valence-electron chi connectivity index (χ0n) is 22.4. The van der Waals surface area contributed by atoms with Crippen LogP contribution in [-0.2, 0) is 6.42 Å². The van der Waals surface area contributed by atoms with Gasteiger partial charge in [-0.1, -0.05) is 29.3 Å². The lowest BCUT2D eigenvalue weighted by molar-refractivity contribution is 0.112. The van der Waals surface area contributed by atoms with E-state index in [9.17, 15) is 4.79 Å². The minimum atomic E-state index is 0.499. The summed E-state index contributed by atoms with van der Waals surface area (Å²) in [6.45, 7) is 4.16. The van der Waals surface area contributed by atoms with E-state index in [-0.39, 0.29) is 0 Å². The molecule has 4 aromatic rings. The number of hydrogen-bond acceptors (Lipinski definition) is 7. The van der Waals surface area contributed by atoms with Crippen molar-refractivity contribution in [3.63, 3.8) is 0 Å². The van der Waals surface area contributed by atoms with E-state index in [0.29, 0.717) is 34.3 Å². The number of aldehydes is 1. The van der Waals surface area contributed by atoms with Crippen LogP contribution in [0.15, 0.2) is 48.5 Å². The number of piperazine rings is 1. The monoisotopic (exact) mass is 713 g/mol. The first-order chi connectivity index (χ1) is 19.4. The molecule has 3 aromatic carbocycles. The molecular weight excluding hydrogens is 683 g/mol. The summed E-state index contributed by atoms with van der Waals surface area (Å²) in [6, 6.07) is 15.7. The molecule has 1 unspecified atom stereocenters. The highest BCUT2D eigenvalue weighted by molar-refractivity contribution is 14.2. The van der Waals surface area contributed by atoms with Crippen LogP contribution in [0.25, 0.3) is 10.9 Å². The van der Waals surface area contributed by atoms with Crippen molar-refractivity contribution in [1.82, 2.24) is 14.9 Å². The predicted octanol–water partition coefficient (Wildman–Crippen LogP) is 6.69. The number of carbonyl (C=O) groups is 1. The molecule has 1 atom stereocenters. The number of methoxy groups -OCH3 is 2. The van der Waals surface area contributed by atoms with Crippen molar-refractivity contribution in [2.45, 2.75) is 6.42 Å². The van der Waals surface area contributed by atoms with E-state index in [1.165, 1.54) is 5.69 Å². The molecule has 0 aliphatic carbocycles. The molecular formula is C28H31Cl2IN5O3P. The highest BCUT2D eigenvalue weighted by Gasteiger charge is 2.18. The van der Waals surface area contributed by atoms with Gasteiger partial charge in [-0.05, 0) is 64.0 Å². The summed E-state index contributed by atoms with van der Waals surface area (Å²) in [5.74, 6) is 1.95. The summed E-state index contributed by atoms with van der Waals surface area (Å²) in [5.41, 5.74) is 4.87. The Kier molecular flexibility index (Phi) is 11.1.